The van der Waals surface area contributed by atoms with Gasteiger partial charge in [0.2, 0.25) is 5.88 Å². The second kappa shape index (κ2) is 10.1. The molecule has 4 aliphatic heterocycles. The van der Waals surface area contributed by atoms with Crippen molar-refractivity contribution in [1.82, 2.24) is 24.5 Å². The Bertz CT molecular complexity index is 1550. The quantitative estimate of drug-likeness (QED) is 0.368. The number of fused-ring (bicyclic) bond motifs is 3. The number of morpholine rings is 1. The van der Waals surface area contributed by atoms with E-state index in [0.29, 0.717) is 30.1 Å². The Labute approximate surface area is 233 Å². The van der Waals surface area contributed by atoms with E-state index in [1.165, 1.54) is 12.0 Å². The van der Waals surface area contributed by atoms with Gasteiger partial charge in [0.1, 0.15) is 11.9 Å². The molecule has 0 aromatic carbocycles. The summed E-state index contributed by atoms with van der Waals surface area (Å²) in [6.45, 7) is 7.26. The molecule has 0 saturated carbocycles. The highest BCUT2D eigenvalue weighted by atomic mass is 16.5. The third kappa shape index (κ3) is 4.41. The zero-order valence-electron chi connectivity index (χ0n) is 22.8. The van der Waals surface area contributed by atoms with E-state index in [9.17, 15) is 5.26 Å². The van der Waals surface area contributed by atoms with Gasteiger partial charge in [-0.1, -0.05) is 6.07 Å². The molecule has 40 heavy (non-hydrogen) atoms. The first-order valence-electron chi connectivity index (χ1n) is 13.8. The molecule has 4 aromatic rings. The van der Waals surface area contributed by atoms with Gasteiger partial charge in [-0.05, 0) is 37.1 Å². The highest BCUT2D eigenvalue weighted by Gasteiger charge is 2.44. The summed E-state index contributed by atoms with van der Waals surface area (Å²) >= 11 is 0. The maximum Gasteiger partial charge on any atom is 0.212 e. The fourth-order valence-corrected chi connectivity index (χ4v) is 6.34. The minimum atomic E-state index is 0.167. The van der Waals surface area contributed by atoms with Crippen molar-refractivity contribution in [3.05, 3.63) is 66.2 Å². The van der Waals surface area contributed by atoms with Crippen molar-refractivity contribution >= 4 is 17.0 Å². The number of nitrogens with zero attached hydrogens (tertiary/aromatic N) is 8. The van der Waals surface area contributed by atoms with Crippen LogP contribution in [0.5, 0.6) is 5.88 Å². The van der Waals surface area contributed by atoms with Crippen molar-refractivity contribution in [3.63, 3.8) is 0 Å². The Morgan fingerprint density at radius 2 is 1.93 bits per heavy atom. The molecule has 0 N–H and O–H groups in total. The number of piperidine rings is 1. The van der Waals surface area contributed by atoms with Crippen molar-refractivity contribution in [2.75, 3.05) is 49.7 Å². The lowest BCUT2D eigenvalue weighted by molar-refractivity contribution is -0.00876. The topological polar surface area (TPSA) is 95.1 Å². The van der Waals surface area contributed by atoms with Gasteiger partial charge in [0.25, 0.3) is 0 Å². The lowest BCUT2D eigenvalue weighted by Gasteiger charge is -2.56. The number of hydrogen-bond donors (Lipinski definition) is 0. The van der Waals surface area contributed by atoms with Crippen LogP contribution in [0.15, 0.2) is 55.1 Å². The third-order valence-electron chi connectivity index (χ3n) is 8.42. The van der Waals surface area contributed by atoms with Gasteiger partial charge < -0.3 is 19.3 Å². The zero-order chi connectivity index (χ0) is 27.2. The first-order chi connectivity index (χ1) is 19.6. The molecule has 8 heterocycles. The van der Waals surface area contributed by atoms with E-state index in [1.54, 1.807) is 13.3 Å². The standard InChI is InChI=1S/C30H32N8O2/c1-20-15-35(7-8-40-20)24-10-27(30-23(11-31)14-34-38(30)19-24)22-4-5-28(32-13-22)36-17-25-9-26(18-36)37(25)16-21-3-6-29(39-2)33-12-21/h3-6,10,12-14,19-20,25-26H,7-9,15-18H2,1-2H3. The van der Waals surface area contributed by atoms with Gasteiger partial charge in [0.05, 0.1) is 49.0 Å². The summed E-state index contributed by atoms with van der Waals surface area (Å²) in [5.41, 5.74) is 5.59. The Morgan fingerprint density at radius 3 is 2.62 bits per heavy atom. The van der Waals surface area contributed by atoms with Crippen molar-refractivity contribution in [2.45, 2.75) is 38.1 Å². The third-order valence-corrected chi connectivity index (χ3v) is 8.42. The van der Waals surface area contributed by atoms with Crippen LogP contribution < -0.4 is 14.5 Å². The van der Waals surface area contributed by atoms with E-state index >= 15 is 0 Å². The Hall–Kier alpha value is -4.20. The molecule has 204 valence electrons. The molecule has 10 nitrogen and oxygen atoms in total. The molecule has 3 unspecified atom stereocenters. The number of pyridine rings is 3. The number of nitriles is 1. The van der Waals surface area contributed by atoms with Gasteiger partial charge >= 0.3 is 0 Å². The minimum absolute atomic E-state index is 0.167. The van der Waals surface area contributed by atoms with E-state index in [0.717, 1.165) is 60.9 Å². The van der Waals surface area contributed by atoms with Crippen LogP contribution in [-0.2, 0) is 11.3 Å². The molecule has 3 atom stereocenters. The molecule has 0 radical (unpaired) electrons. The SMILES string of the molecule is COc1ccc(CN2C3CC2CN(c2ccc(-c4cc(N5CCOC(C)C5)cn5ncc(C#N)c45)cn2)C3)cn1. The second-order valence-corrected chi connectivity index (χ2v) is 10.9. The minimum Gasteiger partial charge on any atom is -0.481 e. The number of anilines is 2. The van der Waals surface area contributed by atoms with Crippen molar-refractivity contribution in [1.29, 1.82) is 5.26 Å². The molecule has 4 fully saturated rings. The summed E-state index contributed by atoms with van der Waals surface area (Å²) in [6.07, 6.45) is 8.88. The highest BCUT2D eigenvalue weighted by molar-refractivity contribution is 5.86. The molecular formula is C30H32N8O2. The summed E-state index contributed by atoms with van der Waals surface area (Å²) in [4.78, 5) is 16.5. The van der Waals surface area contributed by atoms with E-state index in [-0.39, 0.29) is 6.10 Å². The van der Waals surface area contributed by atoms with E-state index in [4.69, 9.17) is 14.5 Å². The van der Waals surface area contributed by atoms with Gasteiger partial charge in [-0.3, -0.25) is 4.90 Å². The van der Waals surface area contributed by atoms with Crippen molar-refractivity contribution < 1.29 is 9.47 Å². The predicted octanol–water partition coefficient (Wildman–Crippen LogP) is 3.36. The largest absolute Gasteiger partial charge is 0.481 e. The molecule has 10 heteroatoms. The molecule has 0 amide bonds. The molecule has 4 aromatic heterocycles. The molecular weight excluding hydrogens is 504 g/mol. The molecule has 4 saturated heterocycles. The van der Waals surface area contributed by atoms with Crippen LogP contribution in [0.4, 0.5) is 11.5 Å². The van der Waals surface area contributed by atoms with Crippen molar-refractivity contribution in [2.24, 2.45) is 0 Å². The van der Waals surface area contributed by atoms with Crippen molar-refractivity contribution in [3.8, 4) is 23.1 Å². The van der Waals surface area contributed by atoms with Crippen LogP contribution in [0.25, 0.3) is 16.6 Å². The average Bonchev–Trinajstić information content (AvgIpc) is 3.43. The summed E-state index contributed by atoms with van der Waals surface area (Å²) in [6, 6.07) is 13.8. The number of methoxy groups -OCH3 is 1. The monoisotopic (exact) mass is 536 g/mol. The second-order valence-electron chi connectivity index (χ2n) is 10.9. The summed E-state index contributed by atoms with van der Waals surface area (Å²) in [5.74, 6) is 1.64. The Kier molecular flexibility index (Phi) is 6.25. The highest BCUT2D eigenvalue weighted by Crippen LogP contribution is 2.37. The predicted molar refractivity (Wildman–Crippen MR) is 152 cm³/mol. The van der Waals surface area contributed by atoms with Crippen LogP contribution in [0.2, 0.25) is 0 Å². The maximum absolute atomic E-state index is 9.76. The molecule has 0 aliphatic carbocycles. The van der Waals surface area contributed by atoms with E-state index in [2.05, 4.69) is 62.0 Å². The van der Waals surface area contributed by atoms with E-state index in [1.807, 2.05) is 29.2 Å². The molecule has 0 spiro atoms. The number of hydrogen-bond acceptors (Lipinski definition) is 9. The number of rotatable bonds is 6. The van der Waals surface area contributed by atoms with Crippen LogP contribution >= 0.6 is 0 Å². The van der Waals surface area contributed by atoms with E-state index < -0.39 is 0 Å². The fraction of sp³-hybridized carbons (Fsp3) is 0.400. The lowest BCUT2D eigenvalue weighted by Crippen LogP contribution is -2.68. The van der Waals surface area contributed by atoms with Crippen LogP contribution in [0, 0.1) is 11.3 Å². The smallest absolute Gasteiger partial charge is 0.212 e. The first-order valence-corrected chi connectivity index (χ1v) is 13.8. The van der Waals surface area contributed by atoms with Gasteiger partial charge in [-0.2, -0.15) is 10.4 Å². The zero-order valence-corrected chi connectivity index (χ0v) is 22.8. The van der Waals surface area contributed by atoms with Crippen LogP contribution in [0.3, 0.4) is 0 Å². The van der Waals surface area contributed by atoms with Gasteiger partial charge in [-0.15, -0.1) is 0 Å². The number of ether oxygens (including phenoxy) is 2. The Morgan fingerprint density at radius 1 is 1.05 bits per heavy atom. The number of aromatic nitrogens is 4. The van der Waals surface area contributed by atoms with Gasteiger partial charge in [0.15, 0.2) is 0 Å². The molecule has 8 rings (SSSR count). The van der Waals surface area contributed by atoms with Crippen LogP contribution in [-0.4, -0.2) is 82.6 Å². The Balaban J connectivity index is 1.11. The summed E-state index contributed by atoms with van der Waals surface area (Å²) < 4.78 is 12.8. The molecule has 2 bridgehead atoms. The molecule has 4 aliphatic rings. The summed E-state index contributed by atoms with van der Waals surface area (Å²) in [7, 11) is 1.64. The lowest BCUT2D eigenvalue weighted by atomic mass is 9.87. The van der Waals surface area contributed by atoms with Gasteiger partial charge in [0, 0.05) is 74.4 Å². The fourth-order valence-electron chi connectivity index (χ4n) is 6.34. The maximum atomic E-state index is 9.76. The van der Waals surface area contributed by atoms with Crippen LogP contribution in [0.1, 0.15) is 24.5 Å². The average molecular weight is 537 g/mol. The van der Waals surface area contributed by atoms with Gasteiger partial charge in [-0.25, -0.2) is 14.5 Å². The normalized spacial score (nSPS) is 22.7. The summed E-state index contributed by atoms with van der Waals surface area (Å²) in [5, 5.41) is 14.3. The number of piperazine rings is 1. The first kappa shape index (κ1) is 24.8.